The number of thiophene rings is 1. The second kappa shape index (κ2) is 8.99. The molecule has 0 bridgehead atoms. The number of carbonyl (C=O) groups excluding carboxylic acids is 2. The van der Waals surface area contributed by atoms with Crippen molar-refractivity contribution >= 4 is 29.2 Å². The highest BCUT2D eigenvalue weighted by Gasteiger charge is 2.43. The molecule has 0 unspecified atom stereocenters. The van der Waals surface area contributed by atoms with Crippen molar-refractivity contribution in [2.24, 2.45) is 5.92 Å². The molecule has 2 aromatic rings. The van der Waals surface area contributed by atoms with Crippen molar-refractivity contribution in [3.8, 4) is 0 Å². The topological polar surface area (TPSA) is 62.6 Å². The molecule has 29 heavy (non-hydrogen) atoms. The molecule has 0 radical (unpaired) electrons. The quantitative estimate of drug-likeness (QED) is 0.723. The molecule has 3 heterocycles. The van der Waals surface area contributed by atoms with Gasteiger partial charge in [0.1, 0.15) is 5.76 Å². The largest absolute Gasteiger partial charge is 0.465 e. The lowest BCUT2D eigenvalue weighted by Gasteiger charge is -2.33. The number of carbonyl (C=O) groups is 2. The predicted molar refractivity (Wildman–Crippen MR) is 115 cm³/mol. The third-order valence-electron chi connectivity index (χ3n) is 6.30. The van der Waals surface area contributed by atoms with Crippen LogP contribution in [0.2, 0.25) is 0 Å². The minimum atomic E-state index is -0.318. The van der Waals surface area contributed by atoms with Crippen LogP contribution in [0.3, 0.4) is 0 Å². The van der Waals surface area contributed by atoms with Gasteiger partial charge >= 0.3 is 0 Å². The van der Waals surface area contributed by atoms with E-state index in [2.05, 4.69) is 16.8 Å². The van der Waals surface area contributed by atoms with Crippen LogP contribution in [0.15, 0.2) is 46.4 Å². The Morgan fingerprint density at radius 2 is 2.00 bits per heavy atom. The van der Waals surface area contributed by atoms with E-state index >= 15 is 0 Å². The summed E-state index contributed by atoms with van der Waals surface area (Å²) in [6.07, 6.45) is 10.9. The van der Waals surface area contributed by atoms with Crippen molar-refractivity contribution in [2.45, 2.75) is 43.9 Å². The molecule has 6 heteroatoms. The first-order valence-electron chi connectivity index (χ1n) is 10.5. The van der Waals surface area contributed by atoms with Crippen molar-refractivity contribution in [3.05, 3.63) is 52.6 Å². The Morgan fingerprint density at radius 3 is 2.66 bits per heavy atom. The first-order valence-corrected chi connectivity index (χ1v) is 11.4. The van der Waals surface area contributed by atoms with Gasteiger partial charge < -0.3 is 14.6 Å². The van der Waals surface area contributed by atoms with Crippen molar-refractivity contribution in [1.82, 2.24) is 10.2 Å². The summed E-state index contributed by atoms with van der Waals surface area (Å²) in [5.41, 5.74) is -0.318. The van der Waals surface area contributed by atoms with Crippen LogP contribution >= 0.6 is 11.3 Å². The smallest absolute Gasteiger partial charge is 0.246 e. The first-order chi connectivity index (χ1) is 14.2. The molecule has 0 spiro atoms. The second-order valence-corrected chi connectivity index (χ2v) is 9.04. The Hall–Kier alpha value is -2.34. The summed E-state index contributed by atoms with van der Waals surface area (Å²) < 4.78 is 5.22. The van der Waals surface area contributed by atoms with Crippen LogP contribution in [0.1, 0.15) is 49.2 Å². The number of nitrogens with one attached hydrogen (secondary N) is 1. The minimum absolute atomic E-state index is 0.0199. The average Bonchev–Trinajstić information content (AvgIpc) is 3.52. The second-order valence-electron chi connectivity index (χ2n) is 8.09. The summed E-state index contributed by atoms with van der Waals surface area (Å²) in [5, 5.41) is 5.31. The van der Waals surface area contributed by atoms with E-state index in [9.17, 15) is 9.59 Å². The fourth-order valence-corrected chi connectivity index (χ4v) is 5.51. The van der Waals surface area contributed by atoms with E-state index in [4.69, 9.17) is 4.42 Å². The van der Waals surface area contributed by atoms with Gasteiger partial charge in [-0.05, 0) is 61.3 Å². The molecule has 2 amide bonds. The molecule has 2 fully saturated rings. The first kappa shape index (κ1) is 20.0. The molecule has 2 aromatic heterocycles. The number of hydrogen-bond donors (Lipinski definition) is 1. The molecule has 2 aliphatic rings. The highest BCUT2D eigenvalue weighted by Crippen LogP contribution is 2.43. The molecule has 1 saturated heterocycles. The van der Waals surface area contributed by atoms with E-state index in [1.807, 2.05) is 17.0 Å². The Labute approximate surface area is 175 Å². The van der Waals surface area contributed by atoms with E-state index in [0.29, 0.717) is 18.2 Å². The zero-order chi connectivity index (χ0) is 20.1. The molecule has 1 saturated carbocycles. The van der Waals surface area contributed by atoms with Crippen LogP contribution < -0.4 is 5.32 Å². The van der Waals surface area contributed by atoms with Crippen LogP contribution in [0.25, 0.3) is 6.08 Å². The Morgan fingerprint density at radius 1 is 1.21 bits per heavy atom. The van der Waals surface area contributed by atoms with Gasteiger partial charge in [0.15, 0.2) is 0 Å². The van der Waals surface area contributed by atoms with Crippen LogP contribution in [-0.4, -0.2) is 36.3 Å². The number of rotatable bonds is 6. The van der Waals surface area contributed by atoms with Crippen LogP contribution in [0.5, 0.6) is 0 Å². The molecule has 1 N–H and O–H groups in total. The monoisotopic (exact) mass is 412 g/mol. The van der Waals surface area contributed by atoms with Crippen molar-refractivity contribution < 1.29 is 14.0 Å². The number of hydrogen-bond acceptors (Lipinski definition) is 4. The third-order valence-corrected chi connectivity index (χ3v) is 7.37. The molecule has 0 atom stereocenters. The standard InChI is InChI=1S/C23H28N2O3S/c26-21(8-7-19-5-3-15-28-19)25-13-9-18(10-14-25)17-24-22(27)23(11-1-2-12-23)20-6-4-16-29-20/h3-8,15-16,18H,1-2,9-14,17H2,(H,24,27)/b8-7+. The number of amides is 2. The lowest BCUT2D eigenvalue weighted by atomic mass is 9.83. The van der Waals surface area contributed by atoms with Gasteiger partial charge in [0.2, 0.25) is 11.8 Å². The van der Waals surface area contributed by atoms with Gasteiger partial charge in [0, 0.05) is 30.6 Å². The van der Waals surface area contributed by atoms with Crippen molar-refractivity contribution in [3.63, 3.8) is 0 Å². The molecule has 1 aliphatic heterocycles. The van der Waals surface area contributed by atoms with E-state index in [-0.39, 0.29) is 17.2 Å². The Kier molecular flexibility index (Phi) is 6.19. The molecule has 0 aromatic carbocycles. The molecule has 154 valence electrons. The molecular weight excluding hydrogens is 384 g/mol. The van der Waals surface area contributed by atoms with Crippen molar-refractivity contribution in [2.75, 3.05) is 19.6 Å². The highest BCUT2D eigenvalue weighted by atomic mass is 32.1. The molecule has 4 rings (SSSR count). The third kappa shape index (κ3) is 4.47. The highest BCUT2D eigenvalue weighted by molar-refractivity contribution is 7.10. The minimum Gasteiger partial charge on any atom is -0.465 e. The maximum Gasteiger partial charge on any atom is 0.246 e. The molecule has 5 nitrogen and oxygen atoms in total. The van der Waals surface area contributed by atoms with Crippen LogP contribution in [0.4, 0.5) is 0 Å². The fourth-order valence-electron chi connectivity index (χ4n) is 4.52. The maximum absolute atomic E-state index is 13.1. The van der Waals surface area contributed by atoms with Crippen LogP contribution in [-0.2, 0) is 15.0 Å². The zero-order valence-electron chi connectivity index (χ0n) is 16.6. The average molecular weight is 413 g/mol. The SMILES string of the molecule is O=C(/C=C/c1ccco1)N1CCC(CNC(=O)C2(c3cccs3)CCCC2)CC1. The molecule has 1 aliphatic carbocycles. The lowest BCUT2D eigenvalue weighted by Crippen LogP contribution is -2.46. The van der Waals surface area contributed by atoms with Gasteiger partial charge in [-0.15, -0.1) is 11.3 Å². The maximum atomic E-state index is 13.1. The van der Waals surface area contributed by atoms with Gasteiger partial charge in [-0.2, -0.15) is 0 Å². The number of piperidine rings is 1. The summed E-state index contributed by atoms with van der Waals surface area (Å²) in [6.45, 7) is 2.17. The summed E-state index contributed by atoms with van der Waals surface area (Å²) >= 11 is 1.70. The zero-order valence-corrected chi connectivity index (χ0v) is 17.5. The lowest BCUT2D eigenvalue weighted by molar-refractivity contribution is -0.129. The summed E-state index contributed by atoms with van der Waals surface area (Å²) in [5.74, 6) is 1.32. The van der Waals surface area contributed by atoms with Gasteiger partial charge in [0.05, 0.1) is 11.7 Å². The van der Waals surface area contributed by atoms with Gasteiger partial charge in [-0.25, -0.2) is 0 Å². The normalized spacial score (nSPS) is 19.7. The summed E-state index contributed by atoms with van der Waals surface area (Å²) in [7, 11) is 0. The number of likely N-dealkylation sites (tertiary alicyclic amines) is 1. The number of furan rings is 1. The number of nitrogens with zero attached hydrogens (tertiary/aromatic N) is 1. The van der Waals surface area contributed by atoms with Gasteiger partial charge in [0.25, 0.3) is 0 Å². The van der Waals surface area contributed by atoms with E-state index < -0.39 is 0 Å². The summed E-state index contributed by atoms with van der Waals surface area (Å²) in [4.78, 5) is 28.5. The van der Waals surface area contributed by atoms with Crippen molar-refractivity contribution in [1.29, 1.82) is 0 Å². The summed E-state index contributed by atoms with van der Waals surface area (Å²) in [6, 6.07) is 7.78. The van der Waals surface area contributed by atoms with Gasteiger partial charge in [-0.3, -0.25) is 9.59 Å². The van der Waals surface area contributed by atoms with E-state index in [1.54, 1.807) is 35.8 Å². The van der Waals surface area contributed by atoms with Crippen LogP contribution in [0, 0.1) is 5.92 Å². The van der Waals surface area contributed by atoms with E-state index in [1.165, 1.54) is 4.88 Å². The predicted octanol–water partition coefficient (Wildman–Crippen LogP) is 4.22. The Bertz CT molecular complexity index is 828. The Balaban J connectivity index is 1.25. The molecular formula is C23H28N2O3S. The fraction of sp³-hybridized carbons (Fsp3) is 0.478. The van der Waals surface area contributed by atoms with Gasteiger partial charge in [-0.1, -0.05) is 18.9 Å². The van der Waals surface area contributed by atoms with E-state index in [0.717, 1.165) is 51.6 Å².